The molecule has 2 unspecified atom stereocenters. The van der Waals surface area contributed by atoms with Crippen molar-refractivity contribution in [1.29, 1.82) is 0 Å². The second-order valence-electron chi connectivity index (χ2n) is 8.44. The second-order valence-corrected chi connectivity index (χ2v) is 10.0. The normalized spacial score (nSPS) is 20.7. The fraction of sp³-hybridized carbons (Fsp3) is 0.241. The Morgan fingerprint density at radius 1 is 0.750 bits per heavy atom. The monoisotopic (exact) mass is 532 g/mol. The number of benzene rings is 2. The molecule has 2 aliphatic carbocycles. The maximum Gasteiger partial charge on any atom is 0.0630 e. The Kier molecular flexibility index (Phi) is 8.05. The first-order chi connectivity index (χ1) is 15.6. The number of rotatable bonds is 7. The molecule has 162 valence electrons. The van der Waals surface area contributed by atoms with Crippen LogP contribution in [0.1, 0.15) is 30.9 Å². The van der Waals surface area contributed by atoms with Gasteiger partial charge in [0.05, 0.1) is 11.4 Å². The summed E-state index contributed by atoms with van der Waals surface area (Å²) in [5.41, 5.74) is 7.06. The second kappa shape index (κ2) is 11.4. The number of aryl methyl sites for hydroxylation is 2. The zero-order valence-corrected chi connectivity index (χ0v) is 20.7. The Bertz CT molecular complexity index is 993. The molecule has 0 amide bonds. The quantitative estimate of drug-likeness (QED) is 0.196. The van der Waals surface area contributed by atoms with Crippen molar-refractivity contribution in [2.75, 3.05) is 0 Å². The molecule has 0 aromatic heterocycles. The summed E-state index contributed by atoms with van der Waals surface area (Å²) >= 11 is 2.45. The number of nitrogens with zero attached hydrogens (tertiary/aromatic N) is 2. The van der Waals surface area contributed by atoms with E-state index in [0.717, 1.165) is 37.1 Å². The van der Waals surface area contributed by atoms with Crippen LogP contribution in [0.15, 0.2) is 106 Å². The molecule has 0 bridgehead atoms. The van der Waals surface area contributed by atoms with Crippen LogP contribution in [0, 0.1) is 5.92 Å². The summed E-state index contributed by atoms with van der Waals surface area (Å²) in [6.45, 7) is 2.23. The minimum atomic E-state index is 0.605. The average molecular weight is 532 g/mol. The van der Waals surface area contributed by atoms with Crippen LogP contribution in [-0.4, -0.2) is 16.4 Å². The molecule has 2 aromatic carbocycles. The lowest BCUT2D eigenvalue weighted by atomic mass is 9.99. The molecule has 0 N–H and O–H groups in total. The summed E-state index contributed by atoms with van der Waals surface area (Å²) in [5, 5.41) is 0. The van der Waals surface area contributed by atoms with Crippen molar-refractivity contribution in [1.82, 2.24) is 0 Å². The van der Waals surface area contributed by atoms with E-state index >= 15 is 0 Å². The van der Waals surface area contributed by atoms with E-state index in [0.29, 0.717) is 9.84 Å². The molecule has 0 aliphatic heterocycles. The summed E-state index contributed by atoms with van der Waals surface area (Å²) < 4.78 is 0.605. The maximum atomic E-state index is 4.61. The molecule has 32 heavy (non-hydrogen) atoms. The third-order valence-corrected chi connectivity index (χ3v) is 6.64. The van der Waals surface area contributed by atoms with Gasteiger partial charge in [-0.1, -0.05) is 90.2 Å². The van der Waals surface area contributed by atoms with E-state index in [1.165, 1.54) is 22.3 Å². The molecule has 0 heterocycles. The van der Waals surface area contributed by atoms with E-state index in [9.17, 15) is 0 Å². The van der Waals surface area contributed by atoms with Crippen molar-refractivity contribution in [3.8, 4) is 0 Å². The Morgan fingerprint density at radius 3 is 1.69 bits per heavy atom. The van der Waals surface area contributed by atoms with E-state index in [1.807, 2.05) is 12.4 Å². The lowest BCUT2D eigenvalue weighted by Gasteiger charge is -2.08. The maximum absolute atomic E-state index is 4.61. The van der Waals surface area contributed by atoms with Gasteiger partial charge in [-0.25, -0.2) is 0 Å². The van der Waals surface area contributed by atoms with Crippen LogP contribution >= 0.6 is 22.6 Å². The molecule has 2 atom stereocenters. The zero-order chi connectivity index (χ0) is 22.2. The Morgan fingerprint density at radius 2 is 1.25 bits per heavy atom. The Labute approximate surface area is 205 Å². The molecule has 2 aliphatic rings. The predicted molar refractivity (Wildman–Crippen MR) is 147 cm³/mol. The average Bonchev–Trinajstić information content (AvgIpc) is 2.83. The molecular formula is C29H29IN2. The summed E-state index contributed by atoms with van der Waals surface area (Å²) in [5.74, 6) is 0.635. The van der Waals surface area contributed by atoms with Crippen LogP contribution in [0.3, 0.4) is 0 Å². The van der Waals surface area contributed by atoms with Crippen LogP contribution in [0.2, 0.25) is 0 Å². The minimum Gasteiger partial charge on any atom is -0.256 e. The molecule has 0 fully saturated rings. The number of hydrogen-bond acceptors (Lipinski definition) is 2. The molecule has 4 rings (SSSR count). The SMILES string of the molecule is CC1C=CC(/C=N/c2ccc(CCc3ccc(/N=C/C4=CCC(I)C=C4)cc3)cc2)=CC1. The highest BCUT2D eigenvalue weighted by Gasteiger charge is 2.03. The Balaban J connectivity index is 1.26. The van der Waals surface area contributed by atoms with Crippen molar-refractivity contribution in [2.45, 2.75) is 36.5 Å². The number of aliphatic imine (C=N–C) groups is 2. The number of allylic oxidation sites excluding steroid dienone is 8. The topological polar surface area (TPSA) is 24.7 Å². The summed E-state index contributed by atoms with van der Waals surface area (Å²) in [4.78, 5) is 9.22. The van der Waals surface area contributed by atoms with Gasteiger partial charge < -0.3 is 0 Å². The van der Waals surface area contributed by atoms with Gasteiger partial charge in [-0.05, 0) is 78.1 Å². The molecule has 0 radical (unpaired) electrons. The third-order valence-electron chi connectivity index (χ3n) is 5.72. The van der Waals surface area contributed by atoms with Crippen molar-refractivity contribution in [2.24, 2.45) is 15.9 Å². The smallest absolute Gasteiger partial charge is 0.0630 e. The number of halogens is 1. The van der Waals surface area contributed by atoms with E-state index in [4.69, 9.17) is 0 Å². The predicted octanol–water partition coefficient (Wildman–Crippen LogP) is 8.09. The van der Waals surface area contributed by atoms with Gasteiger partial charge in [0.2, 0.25) is 0 Å². The van der Waals surface area contributed by atoms with Crippen LogP contribution in [-0.2, 0) is 12.8 Å². The van der Waals surface area contributed by atoms with Gasteiger partial charge in [0.1, 0.15) is 0 Å². The molecule has 0 saturated carbocycles. The minimum absolute atomic E-state index is 0.605. The first kappa shape index (κ1) is 22.7. The lowest BCUT2D eigenvalue weighted by molar-refractivity contribution is 0.734. The van der Waals surface area contributed by atoms with Gasteiger partial charge >= 0.3 is 0 Å². The largest absolute Gasteiger partial charge is 0.256 e. The van der Waals surface area contributed by atoms with Crippen LogP contribution < -0.4 is 0 Å². The summed E-state index contributed by atoms with van der Waals surface area (Å²) in [6.07, 6.45) is 21.4. The van der Waals surface area contributed by atoms with Crippen molar-refractivity contribution >= 4 is 46.4 Å². The number of hydrogen-bond donors (Lipinski definition) is 0. The lowest BCUT2D eigenvalue weighted by Crippen LogP contribution is -1.96. The standard InChI is InChI=1S/C29H29IN2/c1-22-2-4-25(5-3-22)20-31-28-16-10-23(11-17-28)6-7-24-12-18-29(19-13-24)32-21-26-8-14-27(30)15-9-26/h2,4-5,8-14,16-22,27H,3,6-7,15H2,1H3/b31-20+,32-21+. The van der Waals surface area contributed by atoms with E-state index in [2.05, 4.69) is 124 Å². The highest BCUT2D eigenvalue weighted by atomic mass is 127. The number of alkyl halides is 1. The van der Waals surface area contributed by atoms with E-state index in [-0.39, 0.29) is 0 Å². The zero-order valence-electron chi connectivity index (χ0n) is 18.5. The molecule has 0 spiro atoms. The van der Waals surface area contributed by atoms with Crippen molar-refractivity contribution < 1.29 is 0 Å². The third kappa shape index (κ3) is 6.99. The van der Waals surface area contributed by atoms with Gasteiger partial charge in [0, 0.05) is 16.4 Å². The van der Waals surface area contributed by atoms with Gasteiger partial charge in [-0.15, -0.1) is 0 Å². The summed E-state index contributed by atoms with van der Waals surface area (Å²) in [7, 11) is 0. The van der Waals surface area contributed by atoms with E-state index in [1.54, 1.807) is 0 Å². The van der Waals surface area contributed by atoms with E-state index < -0.39 is 0 Å². The van der Waals surface area contributed by atoms with Gasteiger partial charge in [-0.3, -0.25) is 9.98 Å². The highest BCUT2D eigenvalue weighted by Crippen LogP contribution is 2.20. The van der Waals surface area contributed by atoms with Crippen LogP contribution in [0.5, 0.6) is 0 Å². The molecule has 2 nitrogen and oxygen atoms in total. The van der Waals surface area contributed by atoms with Crippen molar-refractivity contribution in [3.05, 3.63) is 107 Å². The fourth-order valence-electron chi connectivity index (χ4n) is 3.63. The molecule has 2 aromatic rings. The Hall–Kier alpha value is -2.53. The highest BCUT2D eigenvalue weighted by molar-refractivity contribution is 14.1. The first-order valence-electron chi connectivity index (χ1n) is 11.3. The van der Waals surface area contributed by atoms with Crippen LogP contribution in [0.25, 0.3) is 0 Å². The summed E-state index contributed by atoms with van der Waals surface area (Å²) in [6, 6.07) is 17.2. The van der Waals surface area contributed by atoms with Gasteiger partial charge in [0.15, 0.2) is 0 Å². The fourth-order valence-corrected chi connectivity index (χ4v) is 4.09. The first-order valence-corrected chi connectivity index (χ1v) is 12.6. The van der Waals surface area contributed by atoms with Crippen LogP contribution in [0.4, 0.5) is 11.4 Å². The molecular weight excluding hydrogens is 503 g/mol. The van der Waals surface area contributed by atoms with Crippen molar-refractivity contribution in [3.63, 3.8) is 0 Å². The van der Waals surface area contributed by atoms with Gasteiger partial charge in [-0.2, -0.15) is 0 Å². The van der Waals surface area contributed by atoms with Gasteiger partial charge in [0.25, 0.3) is 0 Å². The molecule has 0 saturated heterocycles. The molecule has 3 heteroatoms.